The summed E-state index contributed by atoms with van der Waals surface area (Å²) in [6.07, 6.45) is 4.49. The van der Waals surface area contributed by atoms with Gasteiger partial charge in [0.05, 0.1) is 11.1 Å². The Morgan fingerprint density at radius 2 is 2.25 bits per heavy atom. The Balaban J connectivity index is 2.42. The molecule has 0 saturated carbocycles. The summed E-state index contributed by atoms with van der Waals surface area (Å²) in [5.41, 5.74) is 1.88. The maximum absolute atomic E-state index is 9.46. The number of aromatic nitrogens is 1. The first-order chi connectivity index (χ1) is 9.74. The van der Waals surface area contributed by atoms with Gasteiger partial charge in [0, 0.05) is 25.3 Å². The number of rotatable bonds is 3. The smallest absolute Gasteiger partial charge is 0.146 e. The molecule has 1 aliphatic rings. The van der Waals surface area contributed by atoms with E-state index in [0.29, 0.717) is 23.6 Å². The average molecular weight is 269 g/mol. The third-order valence-electron chi connectivity index (χ3n) is 3.88. The van der Waals surface area contributed by atoms with Gasteiger partial charge in [0.2, 0.25) is 0 Å². The van der Waals surface area contributed by atoms with Crippen LogP contribution in [0.25, 0.3) is 0 Å². The molecule has 1 atom stereocenters. The van der Waals surface area contributed by atoms with E-state index in [1.165, 1.54) is 0 Å². The fourth-order valence-electron chi connectivity index (χ4n) is 2.76. The van der Waals surface area contributed by atoms with E-state index >= 15 is 0 Å². The minimum Gasteiger partial charge on any atom is -0.354 e. The molecule has 0 amide bonds. The Morgan fingerprint density at radius 1 is 1.45 bits per heavy atom. The van der Waals surface area contributed by atoms with Crippen LogP contribution in [0.3, 0.4) is 0 Å². The first kappa shape index (κ1) is 14.3. The lowest BCUT2D eigenvalue weighted by atomic mass is 10.00. The van der Waals surface area contributed by atoms with Crippen molar-refractivity contribution in [2.24, 2.45) is 0 Å². The number of hydrogen-bond donors (Lipinski definition) is 1. The van der Waals surface area contributed by atoms with E-state index in [4.69, 9.17) is 5.26 Å². The second-order valence-corrected chi connectivity index (χ2v) is 5.00. The summed E-state index contributed by atoms with van der Waals surface area (Å²) >= 11 is 0. The maximum Gasteiger partial charge on any atom is 0.146 e. The summed E-state index contributed by atoms with van der Waals surface area (Å²) in [6.45, 7) is 3.73. The molecule has 0 spiro atoms. The molecule has 0 aromatic carbocycles. The Kier molecular flexibility index (Phi) is 4.55. The van der Waals surface area contributed by atoms with Crippen molar-refractivity contribution >= 4 is 5.82 Å². The van der Waals surface area contributed by atoms with Crippen molar-refractivity contribution < 1.29 is 0 Å². The van der Waals surface area contributed by atoms with Crippen molar-refractivity contribution in [1.29, 1.82) is 10.5 Å². The van der Waals surface area contributed by atoms with Crippen molar-refractivity contribution in [3.8, 4) is 12.1 Å². The number of pyridine rings is 1. The Hall–Kier alpha value is -2.11. The van der Waals surface area contributed by atoms with E-state index in [9.17, 15) is 5.26 Å². The standard InChI is InChI=1S/C15H19N5/c1-3-13-11(7-16)9-19-15(14(13)8-17)20-6-4-5-12(10-20)18-2/h9,12,18H,3-6,10H2,1-2H3/t12-/m1/s1. The van der Waals surface area contributed by atoms with Gasteiger partial charge in [0.15, 0.2) is 0 Å². The summed E-state index contributed by atoms with van der Waals surface area (Å²) in [5.74, 6) is 0.725. The Labute approximate surface area is 119 Å². The van der Waals surface area contributed by atoms with Crippen LogP contribution in [0.1, 0.15) is 36.5 Å². The van der Waals surface area contributed by atoms with Gasteiger partial charge < -0.3 is 10.2 Å². The normalized spacial score (nSPS) is 18.4. The highest BCUT2D eigenvalue weighted by molar-refractivity contribution is 5.61. The number of anilines is 1. The van der Waals surface area contributed by atoms with E-state index in [1.54, 1.807) is 6.20 Å². The summed E-state index contributed by atoms with van der Waals surface area (Å²) < 4.78 is 0. The van der Waals surface area contributed by atoms with Crippen LogP contribution >= 0.6 is 0 Å². The first-order valence-electron chi connectivity index (χ1n) is 6.99. The highest BCUT2D eigenvalue weighted by Gasteiger charge is 2.23. The van der Waals surface area contributed by atoms with Gasteiger partial charge in [-0.1, -0.05) is 6.92 Å². The van der Waals surface area contributed by atoms with Crippen molar-refractivity contribution in [3.63, 3.8) is 0 Å². The van der Waals surface area contributed by atoms with E-state index in [-0.39, 0.29) is 0 Å². The number of likely N-dealkylation sites (N-methyl/N-ethyl adjacent to an activating group) is 1. The quantitative estimate of drug-likeness (QED) is 0.901. The summed E-state index contributed by atoms with van der Waals surface area (Å²) in [7, 11) is 1.96. The lowest BCUT2D eigenvalue weighted by Crippen LogP contribution is -2.45. The van der Waals surface area contributed by atoms with Crippen LogP contribution in [-0.2, 0) is 6.42 Å². The fraction of sp³-hybridized carbons (Fsp3) is 0.533. The zero-order valence-electron chi connectivity index (χ0n) is 12.0. The number of nitriles is 2. The molecule has 5 nitrogen and oxygen atoms in total. The molecule has 1 aliphatic heterocycles. The predicted octanol–water partition coefficient (Wildman–Crippen LogP) is 1.58. The molecule has 1 N–H and O–H groups in total. The minimum atomic E-state index is 0.429. The van der Waals surface area contributed by atoms with Gasteiger partial charge in [-0.3, -0.25) is 0 Å². The molecular weight excluding hydrogens is 250 g/mol. The highest BCUT2D eigenvalue weighted by Crippen LogP contribution is 2.26. The molecule has 0 unspecified atom stereocenters. The molecule has 1 fully saturated rings. The molecule has 2 heterocycles. The van der Waals surface area contributed by atoms with Crippen molar-refractivity contribution in [3.05, 3.63) is 22.9 Å². The Morgan fingerprint density at radius 3 is 2.85 bits per heavy atom. The van der Waals surface area contributed by atoms with E-state index < -0.39 is 0 Å². The molecule has 0 aliphatic carbocycles. The molecule has 1 saturated heterocycles. The third-order valence-corrected chi connectivity index (χ3v) is 3.88. The number of piperidine rings is 1. The van der Waals surface area contributed by atoms with Crippen molar-refractivity contribution in [2.45, 2.75) is 32.2 Å². The molecular formula is C15H19N5. The van der Waals surface area contributed by atoms with E-state index in [1.807, 2.05) is 14.0 Å². The number of nitrogens with one attached hydrogen (secondary N) is 1. The average Bonchev–Trinajstić information content (AvgIpc) is 2.53. The van der Waals surface area contributed by atoms with Crippen LogP contribution < -0.4 is 10.2 Å². The molecule has 0 radical (unpaired) electrons. The van der Waals surface area contributed by atoms with Crippen LogP contribution in [0, 0.1) is 22.7 Å². The zero-order chi connectivity index (χ0) is 14.5. The van der Waals surface area contributed by atoms with Crippen LogP contribution in [0.15, 0.2) is 6.20 Å². The second-order valence-electron chi connectivity index (χ2n) is 5.00. The van der Waals surface area contributed by atoms with Gasteiger partial charge in [0.25, 0.3) is 0 Å². The van der Waals surface area contributed by atoms with Gasteiger partial charge >= 0.3 is 0 Å². The van der Waals surface area contributed by atoms with E-state index in [0.717, 1.165) is 37.3 Å². The van der Waals surface area contributed by atoms with E-state index in [2.05, 4.69) is 27.3 Å². The van der Waals surface area contributed by atoms with Gasteiger partial charge in [0.1, 0.15) is 18.0 Å². The first-order valence-corrected chi connectivity index (χ1v) is 6.99. The molecule has 1 aromatic heterocycles. The molecule has 104 valence electrons. The third kappa shape index (κ3) is 2.59. The summed E-state index contributed by atoms with van der Waals surface area (Å²) in [6, 6.07) is 4.80. The molecule has 5 heteroatoms. The fourth-order valence-corrected chi connectivity index (χ4v) is 2.76. The topological polar surface area (TPSA) is 75.7 Å². The largest absolute Gasteiger partial charge is 0.354 e. The van der Waals surface area contributed by atoms with Gasteiger partial charge in [-0.25, -0.2) is 4.98 Å². The lowest BCUT2D eigenvalue weighted by molar-refractivity contribution is 0.447. The zero-order valence-corrected chi connectivity index (χ0v) is 12.0. The van der Waals surface area contributed by atoms with Crippen LogP contribution in [0.2, 0.25) is 0 Å². The maximum atomic E-state index is 9.46. The molecule has 1 aromatic rings. The molecule has 20 heavy (non-hydrogen) atoms. The highest BCUT2D eigenvalue weighted by atomic mass is 15.2. The SMILES string of the molecule is CCc1c(C#N)cnc(N2CCC[C@@H](NC)C2)c1C#N. The molecule has 2 rings (SSSR count). The van der Waals surface area contributed by atoms with Crippen LogP contribution in [-0.4, -0.2) is 31.2 Å². The number of nitrogens with zero attached hydrogens (tertiary/aromatic N) is 4. The van der Waals surface area contributed by atoms with Gasteiger partial charge in [-0.15, -0.1) is 0 Å². The number of hydrogen-bond acceptors (Lipinski definition) is 5. The predicted molar refractivity (Wildman–Crippen MR) is 77.3 cm³/mol. The van der Waals surface area contributed by atoms with Crippen LogP contribution in [0.4, 0.5) is 5.82 Å². The lowest BCUT2D eigenvalue weighted by Gasteiger charge is -2.34. The monoisotopic (exact) mass is 269 g/mol. The van der Waals surface area contributed by atoms with Crippen LogP contribution in [0.5, 0.6) is 0 Å². The summed E-state index contributed by atoms with van der Waals surface area (Å²) in [4.78, 5) is 6.53. The summed E-state index contributed by atoms with van der Waals surface area (Å²) in [5, 5.41) is 21.9. The van der Waals surface area contributed by atoms with Crippen molar-refractivity contribution in [2.75, 3.05) is 25.0 Å². The van der Waals surface area contributed by atoms with Gasteiger partial charge in [-0.05, 0) is 31.9 Å². The minimum absolute atomic E-state index is 0.429. The van der Waals surface area contributed by atoms with Gasteiger partial charge in [-0.2, -0.15) is 10.5 Å². The molecule has 0 bridgehead atoms. The van der Waals surface area contributed by atoms with Crippen molar-refractivity contribution in [1.82, 2.24) is 10.3 Å². The Bertz CT molecular complexity index is 567. The second kappa shape index (κ2) is 6.36.